The molecule has 1 heterocycles. The zero-order valence-corrected chi connectivity index (χ0v) is 12.5. The lowest BCUT2D eigenvalue weighted by molar-refractivity contribution is 0.302. The van der Waals surface area contributed by atoms with Crippen LogP contribution in [-0.2, 0) is 6.54 Å². The van der Waals surface area contributed by atoms with Gasteiger partial charge in [0.1, 0.15) is 5.75 Å². The highest BCUT2D eigenvalue weighted by Crippen LogP contribution is 2.18. The Labute approximate surface area is 125 Å². The second-order valence-corrected chi connectivity index (χ2v) is 5.38. The number of benzene rings is 2. The van der Waals surface area contributed by atoms with Crippen LogP contribution in [0.5, 0.6) is 5.75 Å². The Balaban J connectivity index is 1.62. The van der Waals surface area contributed by atoms with Gasteiger partial charge in [0, 0.05) is 6.54 Å². The van der Waals surface area contributed by atoms with E-state index in [-0.39, 0.29) is 0 Å². The van der Waals surface area contributed by atoms with E-state index in [0.29, 0.717) is 6.61 Å². The lowest BCUT2D eigenvalue weighted by Gasteiger charge is -2.08. The molecular formula is C18H20N2O. The third-order valence-corrected chi connectivity index (χ3v) is 3.79. The van der Waals surface area contributed by atoms with E-state index in [4.69, 9.17) is 4.74 Å². The molecule has 0 saturated heterocycles. The first-order chi connectivity index (χ1) is 10.2. The van der Waals surface area contributed by atoms with Crippen LogP contribution in [0.3, 0.4) is 0 Å². The highest BCUT2D eigenvalue weighted by Gasteiger charge is 2.04. The van der Waals surface area contributed by atoms with E-state index in [0.717, 1.165) is 24.2 Å². The maximum absolute atomic E-state index is 5.73. The van der Waals surface area contributed by atoms with Gasteiger partial charge in [0.05, 0.1) is 24.0 Å². The molecule has 2 aromatic carbocycles. The number of fused-ring (bicyclic) bond motifs is 1. The van der Waals surface area contributed by atoms with E-state index in [2.05, 4.69) is 35.5 Å². The first-order valence-corrected chi connectivity index (χ1v) is 7.34. The van der Waals surface area contributed by atoms with Gasteiger partial charge in [0.15, 0.2) is 0 Å². The number of ether oxygens (including phenoxy) is 1. The van der Waals surface area contributed by atoms with Gasteiger partial charge in [-0.25, -0.2) is 4.98 Å². The lowest BCUT2D eigenvalue weighted by atomic mass is 10.1. The number of aryl methyl sites for hydroxylation is 3. The number of imidazole rings is 1. The van der Waals surface area contributed by atoms with Crippen molar-refractivity contribution in [2.24, 2.45) is 0 Å². The fourth-order valence-electron chi connectivity index (χ4n) is 2.43. The van der Waals surface area contributed by atoms with Crippen molar-refractivity contribution in [1.29, 1.82) is 0 Å². The predicted molar refractivity (Wildman–Crippen MR) is 85.8 cm³/mol. The summed E-state index contributed by atoms with van der Waals surface area (Å²) >= 11 is 0. The number of hydrogen-bond acceptors (Lipinski definition) is 2. The minimum Gasteiger partial charge on any atom is -0.494 e. The van der Waals surface area contributed by atoms with Crippen LogP contribution in [0.1, 0.15) is 17.5 Å². The van der Waals surface area contributed by atoms with Crippen LogP contribution in [0.4, 0.5) is 0 Å². The average Bonchev–Trinajstić information content (AvgIpc) is 2.87. The van der Waals surface area contributed by atoms with Crippen molar-refractivity contribution in [3.05, 3.63) is 59.9 Å². The van der Waals surface area contributed by atoms with E-state index in [9.17, 15) is 0 Å². The molecule has 3 rings (SSSR count). The molecule has 0 aliphatic rings. The van der Waals surface area contributed by atoms with E-state index in [1.54, 1.807) is 0 Å². The fourth-order valence-corrected chi connectivity index (χ4v) is 2.43. The van der Waals surface area contributed by atoms with Crippen LogP contribution >= 0.6 is 0 Å². The van der Waals surface area contributed by atoms with Crippen molar-refractivity contribution >= 4 is 11.0 Å². The molecule has 0 N–H and O–H groups in total. The zero-order chi connectivity index (χ0) is 14.7. The van der Waals surface area contributed by atoms with Crippen molar-refractivity contribution in [3.63, 3.8) is 0 Å². The van der Waals surface area contributed by atoms with Crippen molar-refractivity contribution in [2.45, 2.75) is 26.8 Å². The van der Waals surface area contributed by atoms with Crippen molar-refractivity contribution in [2.75, 3.05) is 6.61 Å². The molecule has 0 amide bonds. The van der Waals surface area contributed by atoms with E-state index >= 15 is 0 Å². The summed E-state index contributed by atoms with van der Waals surface area (Å²) in [5.74, 6) is 0.930. The number of aromatic nitrogens is 2. The minimum atomic E-state index is 0.717. The molecule has 3 nitrogen and oxygen atoms in total. The Morgan fingerprint density at radius 2 is 1.81 bits per heavy atom. The largest absolute Gasteiger partial charge is 0.494 e. The third-order valence-electron chi connectivity index (χ3n) is 3.79. The van der Waals surface area contributed by atoms with Gasteiger partial charge in [0.25, 0.3) is 0 Å². The van der Waals surface area contributed by atoms with Gasteiger partial charge in [-0.15, -0.1) is 0 Å². The predicted octanol–water partition coefficient (Wildman–Crippen LogP) is 4.12. The van der Waals surface area contributed by atoms with Crippen LogP contribution in [0.15, 0.2) is 48.8 Å². The topological polar surface area (TPSA) is 27.1 Å². The van der Waals surface area contributed by atoms with E-state index in [1.165, 1.54) is 16.6 Å². The molecule has 0 bridgehead atoms. The Kier molecular flexibility index (Phi) is 3.91. The molecule has 1 aromatic heterocycles. The standard InChI is InChI=1S/C18H20N2O/c1-14-11-17-18(12-15(14)2)20(13-19-17)9-6-10-21-16-7-4-3-5-8-16/h3-5,7-8,11-13H,6,9-10H2,1-2H3. The summed E-state index contributed by atoms with van der Waals surface area (Å²) in [5.41, 5.74) is 4.88. The monoisotopic (exact) mass is 280 g/mol. The molecule has 0 aliphatic heterocycles. The first kappa shape index (κ1) is 13.7. The molecule has 108 valence electrons. The molecule has 0 unspecified atom stereocenters. The summed E-state index contributed by atoms with van der Waals surface area (Å²) in [6.07, 6.45) is 2.89. The van der Waals surface area contributed by atoms with Crippen LogP contribution in [0.2, 0.25) is 0 Å². The smallest absolute Gasteiger partial charge is 0.119 e. The summed E-state index contributed by atoms with van der Waals surface area (Å²) in [6, 6.07) is 14.3. The summed E-state index contributed by atoms with van der Waals surface area (Å²) in [7, 11) is 0. The Morgan fingerprint density at radius 3 is 2.62 bits per heavy atom. The van der Waals surface area contributed by atoms with Crippen molar-refractivity contribution in [1.82, 2.24) is 9.55 Å². The zero-order valence-electron chi connectivity index (χ0n) is 12.5. The first-order valence-electron chi connectivity index (χ1n) is 7.34. The highest BCUT2D eigenvalue weighted by molar-refractivity contribution is 5.77. The van der Waals surface area contributed by atoms with Crippen molar-refractivity contribution in [3.8, 4) is 5.75 Å². The van der Waals surface area contributed by atoms with Gasteiger partial charge in [-0.2, -0.15) is 0 Å². The maximum atomic E-state index is 5.73. The SMILES string of the molecule is Cc1cc2ncn(CCCOc3ccccc3)c2cc1C. The Bertz CT molecular complexity index is 732. The number of hydrogen-bond donors (Lipinski definition) is 0. The van der Waals surface area contributed by atoms with Crippen LogP contribution in [-0.4, -0.2) is 16.2 Å². The van der Waals surface area contributed by atoms with Gasteiger partial charge in [-0.05, 0) is 55.7 Å². The summed E-state index contributed by atoms with van der Waals surface area (Å²) < 4.78 is 7.93. The molecule has 0 radical (unpaired) electrons. The summed E-state index contributed by atoms with van der Waals surface area (Å²) in [4.78, 5) is 4.48. The molecule has 0 fully saturated rings. The lowest BCUT2D eigenvalue weighted by Crippen LogP contribution is -2.03. The maximum Gasteiger partial charge on any atom is 0.119 e. The molecule has 3 aromatic rings. The highest BCUT2D eigenvalue weighted by atomic mass is 16.5. The normalized spacial score (nSPS) is 11.0. The Hall–Kier alpha value is -2.29. The van der Waals surface area contributed by atoms with Gasteiger partial charge < -0.3 is 9.30 Å². The summed E-state index contributed by atoms with van der Waals surface area (Å²) in [5, 5.41) is 0. The van der Waals surface area contributed by atoms with E-state index < -0.39 is 0 Å². The molecule has 0 saturated carbocycles. The molecule has 3 heteroatoms. The van der Waals surface area contributed by atoms with Crippen molar-refractivity contribution < 1.29 is 4.74 Å². The number of rotatable bonds is 5. The second-order valence-electron chi connectivity index (χ2n) is 5.38. The molecule has 0 aliphatic carbocycles. The minimum absolute atomic E-state index is 0.717. The second kappa shape index (κ2) is 6.00. The Morgan fingerprint density at radius 1 is 1.05 bits per heavy atom. The quantitative estimate of drug-likeness (QED) is 0.657. The van der Waals surface area contributed by atoms with Gasteiger partial charge in [-0.3, -0.25) is 0 Å². The average molecular weight is 280 g/mol. The third kappa shape index (κ3) is 3.07. The van der Waals surface area contributed by atoms with E-state index in [1.807, 2.05) is 36.7 Å². The summed E-state index contributed by atoms with van der Waals surface area (Å²) in [6.45, 7) is 5.91. The number of nitrogens with zero attached hydrogens (tertiary/aromatic N) is 2. The molecule has 21 heavy (non-hydrogen) atoms. The van der Waals surface area contributed by atoms with Gasteiger partial charge in [0.2, 0.25) is 0 Å². The van der Waals surface area contributed by atoms with Gasteiger partial charge in [-0.1, -0.05) is 18.2 Å². The fraction of sp³-hybridized carbons (Fsp3) is 0.278. The molecular weight excluding hydrogens is 260 g/mol. The van der Waals surface area contributed by atoms with Crippen LogP contribution < -0.4 is 4.74 Å². The molecule has 0 spiro atoms. The number of para-hydroxylation sites is 1. The van der Waals surface area contributed by atoms with Gasteiger partial charge >= 0.3 is 0 Å². The van der Waals surface area contributed by atoms with Crippen LogP contribution in [0.25, 0.3) is 11.0 Å². The van der Waals surface area contributed by atoms with Crippen LogP contribution in [0, 0.1) is 13.8 Å². The molecule has 0 atom stereocenters.